The summed E-state index contributed by atoms with van der Waals surface area (Å²) in [6.07, 6.45) is 0. The van der Waals surface area contributed by atoms with Crippen LogP contribution in [0.25, 0.3) is 0 Å². The minimum absolute atomic E-state index is 0.159. The van der Waals surface area contributed by atoms with E-state index in [0.717, 1.165) is 11.3 Å². The Morgan fingerprint density at radius 2 is 2.00 bits per heavy atom. The van der Waals surface area contributed by atoms with Crippen LogP contribution >= 0.6 is 23.2 Å². The summed E-state index contributed by atoms with van der Waals surface area (Å²) < 4.78 is 0. The quantitative estimate of drug-likeness (QED) is 0.880. The zero-order valence-corrected chi connectivity index (χ0v) is 12.2. The lowest BCUT2D eigenvalue weighted by molar-refractivity contribution is -0.116. The van der Waals surface area contributed by atoms with Crippen LogP contribution in [0.4, 0.5) is 11.4 Å². The molecule has 3 rings (SSSR count). The van der Waals surface area contributed by atoms with Gasteiger partial charge in [-0.2, -0.15) is 5.26 Å². The molecule has 1 amide bonds. The Morgan fingerprint density at radius 3 is 2.71 bits per heavy atom. The van der Waals surface area contributed by atoms with E-state index in [1.54, 1.807) is 36.4 Å². The van der Waals surface area contributed by atoms with Gasteiger partial charge in [-0.1, -0.05) is 23.2 Å². The average Bonchev–Trinajstić information content (AvgIpc) is 2.75. The fourth-order valence-corrected chi connectivity index (χ4v) is 2.64. The second-order valence-corrected chi connectivity index (χ2v) is 5.45. The van der Waals surface area contributed by atoms with E-state index >= 15 is 0 Å². The van der Waals surface area contributed by atoms with Gasteiger partial charge in [0.2, 0.25) is 0 Å². The van der Waals surface area contributed by atoms with E-state index in [9.17, 15) is 4.79 Å². The third kappa shape index (κ3) is 2.54. The third-order valence-corrected chi connectivity index (χ3v) is 3.79. The number of rotatable bonds is 2. The lowest BCUT2D eigenvalue weighted by Gasteiger charge is -2.13. The van der Waals surface area contributed by atoms with Crippen LogP contribution in [-0.2, 0) is 4.79 Å². The Bertz CT molecular complexity index is 783. The predicted molar refractivity (Wildman–Crippen MR) is 82.6 cm³/mol. The van der Waals surface area contributed by atoms with Crippen LogP contribution in [0, 0.1) is 11.3 Å². The SMILES string of the molecule is N#Cc1ccc(NC2C(=O)Nc3ccc(Cl)cc32)cc1Cl. The van der Waals surface area contributed by atoms with Crippen LogP contribution in [-0.4, -0.2) is 5.91 Å². The van der Waals surface area contributed by atoms with Crippen molar-refractivity contribution in [3.8, 4) is 6.07 Å². The van der Waals surface area contributed by atoms with Crippen LogP contribution in [0.5, 0.6) is 0 Å². The van der Waals surface area contributed by atoms with Crippen molar-refractivity contribution in [1.29, 1.82) is 5.26 Å². The summed E-state index contributed by atoms with van der Waals surface area (Å²) in [5, 5.41) is 15.7. The van der Waals surface area contributed by atoms with Crippen LogP contribution < -0.4 is 10.6 Å². The molecule has 2 aromatic rings. The van der Waals surface area contributed by atoms with Crippen molar-refractivity contribution < 1.29 is 4.79 Å². The van der Waals surface area contributed by atoms with Gasteiger partial charge in [0.05, 0.1) is 10.6 Å². The van der Waals surface area contributed by atoms with Crippen molar-refractivity contribution in [2.45, 2.75) is 6.04 Å². The van der Waals surface area contributed by atoms with Gasteiger partial charge in [-0.25, -0.2) is 0 Å². The minimum atomic E-state index is -0.539. The maximum absolute atomic E-state index is 12.1. The van der Waals surface area contributed by atoms with E-state index in [0.29, 0.717) is 21.3 Å². The van der Waals surface area contributed by atoms with Gasteiger partial charge in [0.1, 0.15) is 12.1 Å². The van der Waals surface area contributed by atoms with E-state index in [2.05, 4.69) is 10.6 Å². The maximum Gasteiger partial charge on any atom is 0.251 e. The van der Waals surface area contributed by atoms with Crippen molar-refractivity contribution >= 4 is 40.5 Å². The van der Waals surface area contributed by atoms with Gasteiger partial charge in [-0.3, -0.25) is 4.79 Å². The van der Waals surface area contributed by atoms with Gasteiger partial charge in [0, 0.05) is 22.0 Å². The summed E-state index contributed by atoms with van der Waals surface area (Å²) in [6.45, 7) is 0. The molecule has 6 heteroatoms. The van der Waals surface area contributed by atoms with E-state index in [1.807, 2.05) is 6.07 Å². The van der Waals surface area contributed by atoms with Crippen LogP contribution in [0.1, 0.15) is 17.2 Å². The molecule has 1 aliphatic rings. The van der Waals surface area contributed by atoms with Gasteiger partial charge < -0.3 is 10.6 Å². The summed E-state index contributed by atoms with van der Waals surface area (Å²) in [5.74, 6) is -0.159. The van der Waals surface area contributed by atoms with E-state index in [1.165, 1.54) is 0 Å². The second-order valence-electron chi connectivity index (χ2n) is 4.60. The number of carbonyl (C=O) groups excluding carboxylic acids is 1. The van der Waals surface area contributed by atoms with E-state index in [4.69, 9.17) is 28.5 Å². The smallest absolute Gasteiger partial charge is 0.251 e. The first-order chi connectivity index (χ1) is 10.1. The molecular formula is C15H9Cl2N3O. The van der Waals surface area contributed by atoms with Gasteiger partial charge in [-0.15, -0.1) is 0 Å². The number of fused-ring (bicyclic) bond motifs is 1. The highest BCUT2D eigenvalue weighted by molar-refractivity contribution is 6.32. The molecule has 0 saturated heterocycles. The molecule has 4 nitrogen and oxygen atoms in total. The van der Waals surface area contributed by atoms with Crippen molar-refractivity contribution in [1.82, 2.24) is 0 Å². The van der Waals surface area contributed by atoms with Gasteiger partial charge in [0.15, 0.2) is 0 Å². The number of hydrogen-bond donors (Lipinski definition) is 2. The first-order valence-electron chi connectivity index (χ1n) is 6.15. The molecule has 2 N–H and O–H groups in total. The normalized spacial score (nSPS) is 16.0. The van der Waals surface area contributed by atoms with Gasteiger partial charge in [0.25, 0.3) is 5.91 Å². The van der Waals surface area contributed by atoms with Crippen LogP contribution in [0.2, 0.25) is 10.0 Å². The number of amides is 1. The summed E-state index contributed by atoms with van der Waals surface area (Å²) in [6, 6.07) is 11.6. The monoisotopic (exact) mass is 317 g/mol. The third-order valence-electron chi connectivity index (χ3n) is 3.25. The number of nitriles is 1. The van der Waals surface area contributed by atoms with E-state index in [-0.39, 0.29) is 5.91 Å². The molecule has 0 aliphatic carbocycles. The first kappa shape index (κ1) is 13.7. The topological polar surface area (TPSA) is 64.9 Å². The Hall–Kier alpha value is -2.22. The van der Waals surface area contributed by atoms with E-state index < -0.39 is 6.04 Å². The lowest BCUT2D eigenvalue weighted by atomic mass is 10.1. The minimum Gasteiger partial charge on any atom is -0.370 e. The fourth-order valence-electron chi connectivity index (χ4n) is 2.24. The molecule has 0 fully saturated rings. The lowest BCUT2D eigenvalue weighted by Crippen LogP contribution is -2.19. The molecule has 0 aromatic heterocycles. The van der Waals surface area contributed by atoms with Gasteiger partial charge >= 0.3 is 0 Å². The highest BCUT2D eigenvalue weighted by atomic mass is 35.5. The molecule has 1 unspecified atom stereocenters. The summed E-state index contributed by atoms with van der Waals surface area (Å²) >= 11 is 12.0. The molecular weight excluding hydrogens is 309 g/mol. The molecule has 21 heavy (non-hydrogen) atoms. The van der Waals surface area contributed by atoms with Crippen LogP contribution in [0.3, 0.4) is 0 Å². The number of halogens is 2. The summed E-state index contributed by atoms with van der Waals surface area (Å²) in [7, 11) is 0. The maximum atomic E-state index is 12.1. The molecule has 0 radical (unpaired) electrons. The Morgan fingerprint density at radius 1 is 1.19 bits per heavy atom. The molecule has 2 aromatic carbocycles. The molecule has 0 spiro atoms. The Kier molecular flexibility index (Phi) is 3.46. The Balaban J connectivity index is 1.93. The first-order valence-corrected chi connectivity index (χ1v) is 6.90. The van der Waals surface area contributed by atoms with Crippen molar-refractivity contribution in [2.75, 3.05) is 10.6 Å². The van der Waals surface area contributed by atoms with Crippen molar-refractivity contribution in [2.24, 2.45) is 0 Å². The van der Waals surface area contributed by atoms with Crippen LogP contribution in [0.15, 0.2) is 36.4 Å². The number of nitrogens with zero attached hydrogens (tertiary/aromatic N) is 1. The molecule has 1 aliphatic heterocycles. The number of benzene rings is 2. The molecule has 0 bridgehead atoms. The fraction of sp³-hybridized carbons (Fsp3) is 0.0667. The largest absolute Gasteiger partial charge is 0.370 e. The Labute approximate surface area is 131 Å². The highest BCUT2D eigenvalue weighted by Crippen LogP contribution is 2.35. The standard InChI is InChI=1S/C15H9Cl2N3O/c16-9-2-4-13-11(5-9)14(15(21)20-13)19-10-3-1-8(7-18)12(17)6-10/h1-6,14,19H,(H,20,21). The van der Waals surface area contributed by atoms with Crippen molar-refractivity contribution in [3.05, 3.63) is 57.6 Å². The molecule has 104 valence electrons. The molecule has 1 heterocycles. The van der Waals surface area contributed by atoms with Crippen molar-refractivity contribution in [3.63, 3.8) is 0 Å². The summed E-state index contributed by atoms with van der Waals surface area (Å²) in [4.78, 5) is 12.1. The number of carbonyl (C=O) groups is 1. The highest BCUT2D eigenvalue weighted by Gasteiger charge is 2.30. The molecule has 0 saturated carbocycles. The second kappa shape index (κ2) is 5.28. The summed E-state index contributed by atoms with van der Waals surface area (Å²) in [5.41, 5.74) is 2.57. The predicted octanol–water partition coefficient (Wildman–Crippen LogP) is 3.97. The zero-order chi connectivity index (χ0) is 15.0. The van der Waals surface area contributed by atoms with Gasteiger partial charge in [-0.05, 0) is 36.4 Å². The average molecular weight is 318 g/mol. The zero-order valence-electron chi connectivity index (χ0n) is 10.7. The molecule has 1 atom stereocenters. The number of hydrogen-bond acceptors (Lipinski definition) is 3. The number of anilines is 2. The number of nitrogens with one attached hydrogen (secondary N) is 2.